The fourth-order valence-electron chi connectivity index (χ4n) is 8.96. The largest absolute Gasteiger partial charge is 0.569 e. The average Bonchev–Trinajstić information content (AvgIpc) is 3.56. The first-order chi connectivity index (χ1) is 27.4. The lowest BCUT2D eigenvalue weighted by Crippen LogP contribution is -2.52. The van der Waals surface area contributed by atoms with Crippen molar-refractivity contribution in [1.82, 2.24) is 15.1 Å². The quantitative estimate of drug-likeness (QED) is 0.113. The van der Waals surface area contributed by atoms with Gasteiger partial charge in [0.25, 0.3) is 5.91 Å². The molecule has 4 aromatic carbocycles. The number of carbonyl (C=O) groups excluding carboxylic acids is 3. The molecule has 0 bridgehead atoms. The number of fused-ring (bicyclic) bond motifs is 1. The lowest BCUT2D eigenvalue weighted by atomic mass is 9.88. The molecule has 3 saturated heterocycles. The number of benzene rings is 4. The Morgan fingerprint density at radius 2 is 1.43 bits per heavy atom. The highest BCUT2D eigenvalue weighted by Gasteiger charge is 2.39. The molecule has 2 N–H and O–H groups in total. The van der Waals surface area contributed by atoms with Crippen LogP contribution in [-0.4, -0.2) is 92.1 Å². The monoisotopic (exact) mass is 750 g/mol. The van der Waals surface area contributed by atoms with E-state index in [9.17, 15) is 14.4 Å². The van der Waals surface area contributed by atoms with E-state index in [0.29, 0.717) is 37.9 Å². The molecule has 0 aliphatic carbocycles. The maximum atomic E-state index is 13.2. The molecule has 1 radical (unpaired) electrons. The number of nitrogens with zero attached hydrogens (tertiary/aromatic N) is 4. The van der Waals surface area contributed by atoms with Crippen molar-refractivity contribution in [3.8, 4) is 5.75 Å². The topological polar surface area (TPSA) is 106 Å². The number of allylic oxidation sites excluding steroid dienone is 1. The van der Waals surface area contributed by atoms with Crippen molar-refractivity contribution in [2.75, 3.05) is 55.6 Å². The van der Waals surface area contributed by atoms with Crippen molar-refractivity contribution in [1.29, 1.82) is 0 Å². The molecule has 1 atom stereocenters. The molecule has 4 aromatic rings. The molecule has 0 aromatic heterocycles. The summed E-state index contributed by atoms with van der Waals surface area (Å²) in [5, 5.41) is 11.5. The third kappa shape index (κ3) is 7.97. The summed E-state index contributed by atoms with van der Waals surface area (Å²) in [5.74, 6) is 0.487. The van der Waals surface area contributed by atoms with E-state index in [2.05, 4.69) is 99.7 Å². The summed E-state index contributed by atoms with van der Waals surface area (Å²) >= 11 is 0. The van der Waals surface area contributed by atoms with E-state index in [1.165, 1.54) is 40.8 Å². The summed E-state index contributed by atoms with van der Waals surface area (Å²) in [6.45, 7) is 9.71. The molecule has 4 aliphatic rings. The Bertz CT molecular complexity index is 2070. The highest BCUT2D eigenvalue weighted by Crippen LogP contribution is 2.37. The van der Waals surface area contributed by atoms with Crippen molar-refractivity contribution in [3.63, 3.8) is 0 Å². The Balaban J connectivity index is 0.855. The molecule has 0 spiro atoms. The van der Waals surface area contributed by atoms with Gasteiger partial charge < -0.3 is 24.4 Å². The van der Waals surface area contributed by atoms with Crippen molar-refractivity contribution in [2.45, 2.75) is 51.6 Å². The van der Waals surface area contributed by atoms with E-state index in [4.69, 9.17) is 9.68 Å². The fourth-order valence-corrected chi connectivity index (χ4v) is 8.96. The Morgan fingerprint density at radius 1 is 0.768 bits per heavy atom. The van der Waals surface area contributed by atoms with Gasteiger partial charge in [-0.2, -0.15) is 0 Å². The van der Waals surface area contributed by atoms with Gasteiger partial charge in [-0.05, 0) is 107 Å². The van der Waals surface area contributed by atoms with Crippen LogP contribution in [0.3, 0.4) is 0 Å². The van der Waals surface area contributed by atoms with Crippen LogP contribution in [0.5, 0.6) is 5.75 Å². The molecule has 4 aliphatic heterocycles. The number of anilines is 2. The minimum atomic E-state index is -0.592. The first-order valence-corrected chi connectivity index (χ1v) is 20.0. The number of nitrogens with one attached hydrogen (secondary N) is 1. The SMILES string of the molecule is CC/C(=C(\c1ccc(O[B]O)cc1)c1ccc(N2CCC(CN3CCN(c4ccc5c(c4)CN(C4CCC(=O)NC4=O)C5=O)CC3)CC2)cc1)c1ccccc1. The number of piperazine rings is 1. The van der Waals surface area contributed by atoms with E-state index in [1.807, 2.05) is 24.3 Å². The van der Waals surface area contributed by atoms with E-state index in [0.717, 1.165) is 69.0 Å². The minimum absolute atomic E-state index is 0.127. The number of hydrogen-bond acceptors (Lipinski definition) is 8. The highest BCUT2D eigenvalue weighted by molar-refractivity contribution is 6.17. The van der Waals surface area contributed by atoms with Crippen LogP contribution >= 0.6 is 0 Å². The standard InChI is InChI=1S/C45H49BN5O5/c1-2-39(32-6-4-3-5-7-32)43(34-10-15-38(16-11-34)56-46-55)33-8-12-36(13-9-33)49-22-20-31(21-23-49)29-48-24-26-50(27-25-48)37-14-17-40-35(28-37)30-51(45(40)54)41-18-19-42(52)47-44(41)53/h3-17,28,31,41,55H,2,18-27,29-30H2,1H3,(H,47,52,53)/b43-39+. The molecule has 56 heavy (non-hydrogen) atoms. The van der Waals surface area contributed by atoms with Gasteiger partial charge in [0.15, 0.2) is 0 Å². The third-order valence-corrected chi connectivity index (χ3v) is 12.0. The second-order valence-corrected chi connectivity index (χ2v) is 15.3. The molecule has 3 fully saturated rings. The maximum absolute atomic E-state index is 13.2. The molecule has 1 unspecified atom stereocenters. The van der Waals surface area contributed by atoms with Gasteiger partial charge in [0.05, 0.1) is 0 Å². The van der Waals surface area contributed by atoms with Crippen molar-refractivity contribution in [3.05, 3.63) is 125 Å². The van der Waals surface area contributed by atoms with Crippen LogP contribution in [0.4, 0.5) is 11.4 Å². The predicted molar refractivity (Wildman–Crippen MR) is 220 cm³/mol. The van der Waals surface area contributed by atoms with Crippen LogP contribution in [0.1, 0.15) is 71.6 Å². The molecule has 4 heterocycles. The van der Waals surface area contributed by atoms with Gasteiger partial charge in [-0.15, -0.1) is 0 Å². The number of piperidine rings is 2. The maximum Gasteiger partial charge on any atom is 0.569 e. The van der Waals surface area contributed by atoms with Crippen molar-refractivity contribution >= 4 is 47.9 Å². The number of hydrogen-bond donors (Lipinski definition) is 2. The summed E-state index contributed by atoms with van der Waals surface area (Å²) in [6, 6.07) is 33.0. The number of carbonyl (C=O) groups is 3. The summed E-state index contributed by atoms with van der Waals surface area (Å²) in [5.41, 5.74) is 9.97. The van der Waals surface area contributed by atoms with E-state index >= 15 is 0 Å². The summed E-state index contributed by atoms with van der Waals surface area (Å²) in [6.07, 6.45) is 3.86. The Hall–Kier alpha value is -5.39. The van der Waals surface area contributed by atoms with Gasteiger partial charge in [-0.1, -0.05) is 61.5 Å². The molecule has 3 amide bonds. The second kappa shape index (κ2) is 16.8. The van der Waals surface area contributed by atoms with Gasteiger partial charge in [0, 0.05) is 75.7 Å². The van der Waals surface area contributed by atoms with Crippen LogP contribution in [-0.2, 0) is 16.1 Å². The molecular weight excluding hydrogens is 701 g/mol. The molecule has 287 valence electrons. The van der Waals surface area contributed by atoms with Crippen LogP contribution in [0.2, 0.25) is 0 Å². The van der Waals surface area contributed by atoms with Gasteiger partial charge in [0.2, 0.25) is 11.8 Å². The normalized spacial score (nSPS) is 19.8. The lowest BCUT2D eigenvalue weighted by Gasteiger charge is -2.40. The van der Waals surface area contributed by atoms with Crippen LogP contribution in [0.15, 0.2) is 97.1 Å². The summed E-state index contributed by atoms with van der Waals surface area (Å²) < 4.78 is 5.19. The smallest absolute Gasteiger partial charge is 0.537 e. The predicted octanol–water partition coefficient (Wildman–Crippen LogP) is 5.76. The summed E-state index contributed by atoms with van der Waals surface area (Å²) in [4.78, 5) is 46.4. The zero-order valence-corrected chi connectivity index (χ0v) is 32.0. The number of amides is 3. The second-order valence-electron chi connectivity index (χ2n) is 15.3. The Labute approximate surface area is 330 Å². The molecule has 8 rings (SSSR count). The van der Waals surface area contributed by atoms with Crippen molar-refractivity contribution in [2.24, 2.45) is 5.92 Å². The number of rotatable bonds is 11. The summed E-state index contributed by atoms with van der Waals surface area (Å²) in [7, 11) is 0.710. The number of imide groups is 1. The van der Waals surface area contributed by atoms with Gasteiger partial charge >= 0.3 is 7.69 Å². The fraction of sp³-hybridized carbons (Fsp3) is 0.356. The Morgan fingerprint density at radius 3 is 2.09 bits per heavy atom. The first-order valence-electron chi connectivity index (χ1n) is 20.0. The van der Waals surface area contributed by atoms with Gasteiger partial charge in [0.1, 0.15) is 11.8 Å². The first kappa shape index (κ1) is 37.5. The zero-order valence-electron chi connectivity index (χ0n) is 32.0. The van der Waals surface area contributed by atoms with Crippen molar-refractivity contribution < 1.29 is 24.1 Å². The molecular formula is C45H49BN5O5. The van der Waals surface area contributed by atoms with E-state index in [-0.39, 0.29) is 24.1 Å². The van der Waals surface area contributed by atoms with Gasteiger partial charge in [-0.3, -0.25) is 24.6 Å². The van der Waals surface area contributed by atoms with Crippen LogP contribution in [0.25, 0.3) is 11.1 Å². The van der Waals surface area contributed by atoms with Gasteiger partial charge in [-0.25, -0.2) is 0 Å². The lowest BCUT2D eigenvalue weighted by molar-refractivity contribution is -0.136. The van der Waals surface area contributed by atoms with Crippen LogP contribution < -0.4 is 19.8 Å². The molecule has 10 nitrogen and oxygen atoms in total. The zero-order chi connectivity index (χ0) is 38.6. The molecule has 0 saturated carbocycles. The minimum Gasteiger partial charge on any atom is -0.537 e. The molecule has 11 heteroatoms. The average molecular weight is 751 g/mol. The highest BCUT2D eigenvalue weighted by atomic mass is 16.5. The Kier molecular flexibility index (Phi) is 11.2. The van der Waals surface area contributed by atoms with E-state index in [1.54, 1.807) is 4.90 Å². The van der Waals surface area contributed by atoms with Crippen LogP contribution in [0, 0.1) is 5.92 Å². The van der Waals surface area contributed by atoms with E-state index < -0.39 is 6.04 Å². The third-order valence-electron chi connectivity index (χ3n) is 12.0.